The van der Waals surface area contributed by atoms with Crippen molar-refractivity contribution in [3.05, 3.63) is 29.6 Å². The van der Waals surface area contributed by atoms with Crippen LogP contribution in [0.25, 0.3) is 0 Å². The number of rotatable bonds is 4. The van der Waals surface area contributed by atoms with E-state index in [1.54, 1.807) is 19.1 Å². The number of halogens is 1. The second-order valence-corrected chi connectivity index (χ2v) is 5.99. The minimum Gasteiger partial charge on any atom is -0.378 e. The number of amides is 3. The first-order valence-electron chi connectivity index (χ1n) is 8.28. The van der Waals surface area contributed by atoms with Crippen molar-refractivity contribution in [1.82, 2.24) is 10.2 Å². The Kier molecular flexibility index (Phi) is 4.98. The zero-order valence-corrected chi connectivity index (χ0v) is 14.0. The summed E-state index contributed by atoms with van der Waals surface area (Å²) < 4.78 is 19.7. The van der Waals surface area contributed by atoms with Gasteiger partial charge < -0.3 is 14.5 Å². The lowest BCUT2D eigenvalue weighted by molar-refractivity contribution is -0.126. The van der Waals surface area contributed by atoms with E-state index in [9.17, 15) is 18.8 Å². The van der Waals surface area contributed by atoms with E-state index in [2.05, 4.69) is 5.32 Å². The number of nitrogens with zero attached hydrogens (tertiary/aromatic N) is 2. The highest BCUT2D eigenvalue weighted by atomic mass is 19.1. The summed E-state index contributed by atoms with van der Waals surface area (Å²) in [4.78, 5) is 39.1. The Balaban J connectivity index is 1.80. The summed E-state index contributed by atoms with van der Waals surface area (Å²) >= 11 is 0. The molecule has 0 spiro atoms. The van der Waals surface area contributed by atoms with Gasteiger partial charge in [-0.15, -0.1) is 0 Å². The van der Waals surface area contributed by atoms with Gasteiger partial charge in [0.05, 0.1) is 25.3 Å². The van der Waals surface area contributed by atoms with E-state index in [0.717, 1.165) is 0 Å². The van der Waals surface area contributed by atoms with E-state index in [-0.39, 0.29) is 18.5 Å². The summed E-state index contributed by atoms with van der Waals surface area (Å²) in [6.07, 6.45) is -0.0627. The highest BCUT2D eigenvalue weighted by Gasteiger charge is 2.37. The SMILES string of the molecule is CCN(C(=O)c1ccc(N2CCOCC2)c(F)c1)[C@@H]1CC(=O)NC1=O. The zero-order valence-electron chi connectivity index (χ0n) is 14.0. The molecule has 0 bridgehead atoms. The van der Waals surface area contributed by atoms with Crippen molar-refractivity contribution in [1.29, 1.82) is 0 Å². The summed E-state index contributed by atoms with van der Waals surface area (Å²) in [6.45, 7) is 4.22. The lowest BCUT2D eigenvalue weighted by Crippen LogP contribution is -2.44. The number of nitrogens with one attached hydrogen (secondary N) is 1. The Morgan fingerprint density at radius 3 is 2.64 bits per heavy atom. The largest absolute Gasteiger partial charge is 0.378 e. The Morgan fingerprint density at radius 2 is 2.08 bits per heavy atom. The molecule has 2 aliphatic rings. The maximum absolute atomic E-state index is 14.5. The van der Waals surface area contributed by atoms with Crippen molar-refractivity contribution in [3.63, 3.8) is 0 Å². The van der Waals surface area contributed by atoms with Gasteiger partial charge in [0.25, 0.3) is 5.91 Å². The van der Waals surface area contributed by atoms with Crippen LogP contribution in [0.15, 0.2) is 18.2 Å². The van der Waals surface area contributed by atoms with Crippen molar-refractivity contribution in [3.8, 4) is 0 Å². The van der Waals surface area contributed by atoms with Crippen LogP contribution < -0.4 is 10.2 Å². The summed E-state index contributed by atoms with van der Waals surface area (Å²) in [5.41, 5.74) is 0.584. The molecular weight excluding hydrogens is 329 g/mol. The van der Waals surface area contributed by atoms with Crippen LogP contribution in [0, 0.1) is 5.82 Å². The van der Waals surface area contributed by atoms with Crippen molar-refractivity contribution in [2.45, 2.75) is 19.4 Å². The smallest absolute Gasteiger partial charge is 0.254 e. The number of benzene rings is 1. The minimum atomic E-state index is -0.841. The Labute approximate surface area is 144 Å². The van der Waals surface area contributed by atoms with Crippen molar-refractivity contribution < 1.29 is 23.5 Å². The minimum absolute atomic E-state index is 0.0627. The van der Waals surface area contributed by atoms with Crippen molar-refractivity contribution in [2.75, 3.05) is 37.7 Å². The number of hydrogen-bond donors (Lipinski definition) is 1. The van der Waals surface area contributed by atoms with E-state index >= 15 is 0 Å². The van der Waals surface area contributed by atoms with E-state index in [4.69, 9.17) is 4.74 Å². The predicted octanol–water partition coefficient (Wildman–Crippen LogP) is 0.540. The second-order valence-electron chi connectivity index (χ2n) is 5.99. The van der Waals surface area contributed by atoms with Crippen LogP contribution in [0.5, 0.6) is 0 Å². The van der Waals surface area contributed by atoms with Gasteiger partial charge in [-0.2, -0.15) is 0 Å². The molecule has 1 N–H and O–H groups in total. The third kappa shape index (κ3) is 3.48. The molecule has 0 radical (unpaired) electrons. The molecule has 1 aromatic rings. The maximum Gasteiger partial charge on any atom is 0.254 e. The highest BCUT2D eigenvalue weighted by Crippen LogP contribution is 2.23. The second kappa shape index (κ2) is 7.18. The first kappa shape index (κ1) is 17.3. The molecular formula is C17H20FN3O4. The average Bonchev–Trinajstić information content (AvgIpc) is 2.94. The lowest BCUT2D eigenvalue weighted by Gasteiger charge is -2.29. The van der Waals surface area contributed by atoms with Gasteiger partial charge >= 0.3 is 0 Å². The quantitative estimate of drug-likeness (QED) is 0.803. The van der Waals surface area contributed by atoms with Gasteiger partial charge in [-0.1, -0.05) is 0 Å². The fraction of sp³-hybridized carbons (Fsp3) is 0.471. The summed E-state index contributed by atoms with van der Waals surface area (Å²) in [6, 6.07) is 3.46. The van der Waals surface area contributed by atoms with E-state index in [0.29, 0.717) is 32.0 Å². The van der Waals surface area contributed by atoms with Gasteiger partial charge in [-0.25, -0.2) is 4.39 Å². The van der Waals surface area contributed by atoms with Gasteiger partial charge in [0, 0.05) is 25.2 Å². The Morgan fingerprint density at radius 1 is 1.36 bits per heavy atom. The Hall–Kier alpha value is -2.48. The van der Waals surface area contributed by atoms with Crippen molar-refractivity contribution in [2.24, 2.45) is 0 Å². The topological polar surface area (TPSA) is 79.0 Å². The third-order valence-electron chi connectivity index (χ3n) is 4.47. The van der Waals surface area contributed by atoms with Gasteiger partial charge in [0.15, 0.2) is 0 Å². The number of ether oxygens (including phenoxy) is 1. The van der Waals surface area contributed by atoms with Gasteiger partial charge in [0.1, 0.15) is 11.9 Å². The number of anilines is 1. The van der Waals surface area contributed by atoms with E-state index in [1.165, 1.54) is 11.0 Å². The van der Waals surface area contributed by atoms with Crippen LogP contribution in [-0.4, -0.2) is 61.5 Å². The van der Waals surface area contributed by atoms with Crippen LogP contribution in [0.2, 0.25) is 0 Å². The van der Waals surface area contributed by atoms with E-state index < -0.39 is 29.6 Å². The van der Waals surface area contributed by atoms with Crippen molar-refractivity contribution >= 4 is 23.4 Å². The molecule has 3 rings (SSSR count). The number of imide groups is 1. The molecule has 7 nitrogen and oxygen atoms in total. The molecule has 0 saturated carbocycles. The van der Waals surface area contributed by atoms with Gasteiger partial charge in [-0.3, -0.25) is 19.7 Å². The zero-order chi connectivity index (χ0) is 18.0. The molecule has 1 atom stereocenters. The molecule has 0 aliphatic carbocycles. The van der Waals surface area contributed by atoms with Crippen LogP contribution >= 0.6 is 0 Å². The first-order chi connectivity index (χ1) is 12.0. The molecule has 0 unspecified atom stereocenters. The maximum atomic E-state index is 14.5. The predicted molar refractivity (Wildman–Crippen MR) is 87.7 cm³/mol. The lowest BCUT2D eigenvalue weighted by atomic mass is 10.1. The Bertz CT molecular complexity index is 703. The molecule has 2 saturated heterocycles. The number of likely N-dealkylation sites (N-methyl/N-ethyl adjacent to an activating group) is 1. The van der Waals surface area contributed by atoms with Gasteiger partial charge in [0.2, 0.25) is 11.8 Å². The number of morpholine rings is 1. The van der Waals surface area contributed by atoms with Crippen LogP contribution in [0.1, 0.15) is 23.7 Å². The summed E-state index contributed by atoms with van der Waals surface area (Å²) in [5, 5.41) is 2.19. The molecule has 3 amide bonds. The monoisotopic (exact) mass is 349 g/mol. The molecule has 134 valence electrons. The fourth-order valence-corrected chi connectivity index (χ4v) is 3.16. The summed E-state index contributed by atoms with van der Waals surface area (Å²) in [7, 11) is 0. The number of hydrogen-bond acceptors (Lipinski definition) is 5. The first-order valence-corrected chi connectivity index (χ1v) is 8.28. The number of carbonyl (C=O) groups excluding carboxylic acids is 3. The molecule has 8 heteroatoms. The molecule has 2 heterocycles. The van der Waals surface area contributed by atoms with Crippen LogP contribution in [0.4, 0.5) is 10.1 Å². The highest BCUT2D eigenvalue weighted by molar-refractivity contribution is 6.08. The normalized spacial score (nSPS) is 20.6. The average molecular weight is 349 g/mol. The van der Waals surface area contributed by atoms with Gasteiger partial charge in [-0.05, 0) is 25.1 Å². The third-order valence-corrected chi connectivity index (χ3v) is 4.47. The molecule has 2 fully saturated rings. The summed E-state index contributed by atoms with van der Waals surface area (Å²) in [5.74, 6) is -1.86. The standard InChI is InChI=1S/C17H20FN3O4/c1-2-21(14-10-15(22)19-16(14)23)17(24)11-3-4-13(12(18)9-11)20-5-7-25-8-6-20/h3-4,9,14H,2,5-8,10H2,1H3,(H,19,22,23)/t14-/m1/s1. The molecule has 25 heavy (non-hydrogen) atoms. The van der Waals surface area contributed by atoms with Crippen LogP contribution in [-0.2, 0) is 14.3 Å². The fourth-order valence-electron chi connectivity index (χ4n) is 3.16. The van der Waals surface area contributed by atoms with Crippen LogP contribution in [0.3, 0.4) is 0 Å². The molecule has 2 aliphatic heterocycles. The van der Waals surface area contributed by atoms with E-state index in [1.807, 2.05) is 4.90 Å². The molecule has 0 aromatic heterocycles. The number of carbonyl (C=O) groups is 3. The molecule has 1 aromatic carbocycles.